The molecule has 0 fully saturated rings. The topological polar surface area (TPSA) is 68.0 Å². The minimum absolute atomic E-state index is 0.168. The van der Waals surface area contributed by atoms with Crippen LogP contribution in [0.1, 0.15) is 0 Å². The molecule has 0 atom stereocenters. The molecule has 21 heavy (non-hydrogen) atoms. The monoisotopic (exact) mass is 319 g/mol. The summed E-state index contributed by atoms with van der Waals surface area (Å²) >= 11 is 7.10. The van der Waals surface area contributed by atoms with Gasteiger partial charge in [-0.2, -0.15) is 0 Å². The van der Waals surface area contributed by atoms with Crippen LogP contribution in [0.3, 0.4) is 0 Å². The average Bonchev–Trinajstić information content (AvgIpc) is 2.88. The maximum Gasteiger partial charge on any atom is 0.257 e. The van der Waals surface area contributed by atoms with Gasteiger partial charge in [0.05, 0.1) is 5.75 Å². The molecule has 0 radical (unpaired) electrons. The lowest BCUT2D eigenvalue weighted by atomic mass is 10.3. The fraction of sp³-hybridized carbons (Fsp3) is 0.0714. The number of halogens is 1. The Morgan fingerprint density at radius 2 is 2.24 bits per heavy atom. The fourth-order valence-electron chi connectivity index (χ4n) is 1.68. The van der Waals surface area contributed by atoms with E-state index in [0.29, 0.717) is 27.2 Å². The molecule has 0 aliphatic heterocycles. The van der Waals surface area contributed by atoms with E-state index in [1.54, 1.807) is 42.6 Å². The molecule has 0 spiro atoms. The number of pyridine rings is 1. The second-order valence-electron chi connectivity index (χ2n) is 4.14. The molecule has 0 bridgehead atoms. The van der Waals surface area contributed by atoms with E-state index in [2.05, 4.69) is 15.3 Å². The van der Waals surface area contributed by atoms with Gasteiger partial charge in [-0.3, -0.25) is 4.79 Å². The van der Waals surface area contributed by atoms with Crippen LogP contribution in [0.5, 0.6) is 0 Å². The SMILES string of the molecule is O=C(CSc1nc2cc(Cl)ccc2o1)Nc1ccccn1. The van der Waals surface area contributed by atoms with Gasteiger partial charge in [-0.1, -0.05) is 29.4 Å². The number of fused-ring (bicyclic) bond motifs is 1. The number of amides is 1. The highest BCUT2D eigenvalue weighted by atomic mass is 35.5. The number of anilines is 1. The van der Waals surface area contributed by atoms with Crippen molar-refractivity contribution in [1.82, 2.24) is 9.97 Å². The number of carbonyl (C=O) groups excluding carboxylic acids is 1. The quantitative estimate of drug-likeness (QED) is 0.744. The van der Waals surface area contributed by atoms with Gasteiger partial charge in [0.2, 0.25) is 5.91 Å². The van der Waals surface area contributed by atoms with Gasteiger partial charge in [-0.25, -0.2) is 9.97 Å². The molecule has 3 aromatic rings. The van der Waals surface area contributed by atoms with Crippen LogP contribution in [-0.2, 0) is 4.79 Å². The first-order valence-corrected chi connectivity index (χ1v) is 7.47. The molecular weight excluding hydrogens is 310 g/mol. The van der Waals surface area contributed by atoms with E-state index < -0.39 is 0 Å². The van der Waals surface area contributed by atoms with E-state index in [4.69, 9.17) is 16.0 Å². The van der Waals surface area contributed by atoms with Gasteiger partial charge < -0.3 is 9.73 Å². The number of rotatable bonds is 4. The molecule has 106 valence electrons. The van der Waals surface area contributed by atoms with Crippen molar-refractivity contribution in [1.29, 1.82) is 0 Å². The van der Waals surface area contributed by atoms with Crippen molar-refractivity contribution in [3.63, 3.8) is 0 Å². The Labute approximate surface area is 129 Å². The zero-order chi connectivity index (χ0) is 14.7. The fourth-order valence-corrected chi connectivity index (χ4v) is 2.49. The van der Waals surface area contributed by atoms with Crippen LogP contribution >= 0.6 is 23.4 Å². The maximum absolute atomic E-state index is 11.8. The van der Waals surface area contributed by atoms with Gasteiger partial charge in [0.1, 0.15) is 11.3 Å². The minimum Gasteiger partial charge on any atom is -0.431 e. The standard InChI is InChI=1S/C14H10ClN3O2S/c15-9-4-5-11-10(7-9)17-14(20-11)21-8-13(19)18-12-3-1-2-6-16-12/h1-7H,8H2,(H,16,18,19). The first-order valence-electron chi connectivity index (χ1n) is 6.10. The zero-order valence-corrected chi connectivity index (χ0v) is 12.3. The van der Waals surface area contributed by atoms with Gasteiger partial charge >= 0.3 is 0 Å². The lowest BCUT2D eigenvalue weighted by molar-refractivity contribution is -0.113. The van der Waals surface area contributed by atoms with Gasteiger partial charge in [-0.05, 0) is 30.3 Å². The smallest absolute Gasteiger partial charge is 0.257 e. The molecular formula is C14H10ClN3O2S. The van der Waals surface area contributed by atoms with Gasteiger partial charge in [0.15, 0.2) is 5.58 Å². The van der Waals surface area contributed by atoms with Crippen LogP contribution in [0.2, 0.25) is 5.02 Å². The lowest BCUT2D eigenvalue weighted by Crippen LogP contribution is -2.14. The first-order chi connectivity index (χ1) is 10.2. The van der Waals surface area contributed by atoms with Crippen molar-refractivity contribution in [3.05, 3.63) is 47.6 Å². The van der Waals surface area contributed by atoms with E-state index in [1.165, 1.54) is 11.8 Å². The van der Waals surface area contributed by atoms with E-state index in [0.717, 1.165) is 0 Å². The normalized spacial score (nSPS) is 10.7. The Balaban J connectivity index is 1.62. The number of carbonyl (C=O) groups is 1. The molecule has 0 aliphatic carbocycles. The third-order valence-electron chi connectivity index (χ3n) is 2.59. The van der Waals surface area contributed by atoms with Crippen LogP contribution in [0.4, 0.5) is 5.82 Å². The van der Waals surface area contributed by atoms with Crippen LogP contribution in [-0.4, -0.2) is 21.6 Å². The second-order valence-corrected chi connectivity index (χ2v) is 5.51. The Morgan fingerprint density at radius 3 is 3.05 bits per heavy atom. The predicted octanol–water partition coefficient (Wildman–Crippen LogP) is 3.61. The first kappa shape index (κ1) is 13.9. The summed E-state index contributed by atoms with van der Waals surface area (Å²) in [6.45, 7) is 0. The molecule has 5 nitrogen and oxygen atoms in total. The number of hydrogen-bond donors (Lipinski definition) is 1. The summed E-state index contributed by atoms with van der Waals surface area (Å²) in [5, 5.41) is 3.72. The molecule has 7 heteroatoms. The summed E-state index contributed by atoms with van der Waals surface area (Å²) in [5.41, 5.74) is 1.32. The lowest BCUT2D eigenvalue weighted by Gasteiger charge is -2.01. The summed E-state index contributed by atoms with van der Waals surface area (Å²) in [7, 11) is 0. The van der Waals surface area contributed by atoms with Crippen LogP contribution in [0, 0.1) is 0 Å². The van der Waals surface area contributed by atoms with E-state index >= 15 is 0 Å². The van der Waals surface area contributed by atoms with Gasteiger partial charge in [0, 0.05) is 11.2 Å². The number of hydrogen-bond acceptors (Lipinski definition) is 5. The van der Waals surface area contributed by atoms with E-state index in [1.807, 2.05) is 0 Å². The van der Waals surface area contributed by atoms with Crippen molar-refractivity contribution in [2.75, 3.05) is 11.1 Å². The highest BCUT2D eigenvalue weighted by Gasteiger charge is 2.10. The summed E-state index contributed by atoms with van der Waals surface area (Å²) in [5.74, 6) is 0.545. The molecule has 1 N–H and O–H groups in total. The van der Waals surface area contributed by atoms with Crippen molar-refractivity contribution in [3.8, 4) is 0 Å². The molecule has 0 unspecified atom stereocenters. The summed E-state index contributed by atoms with van der Waals surface area (Å²) in [6.07, 6.45) is 1.62. The second kappa shape index (κ2) is 6.15. The highest BCUT2D eigenvalue weighted by molar-refractivity contribution is 7.99. The van der Waals surface area contributed by atoms with Crippen molar-refractivity contribution in [2.24, 2.45) is 0 Å². The molecule has 0 saturated heterocycles. The summed E-state index contributed by atoms with van der Waals surface area (Å²) in [6, 6.07) is 10.5. The minimum atomic E-state index is -0.168. The Kier molecular flexibility index (Phi) is 4.08. The van der Waals surface area contributed by atoms with Gasteiger partial charge in [-0.15, -0.1) is 0 Å². The molecule has 2 heterocycles. The average molecular weight is 320 g/mol. The number of aromatic nitrogens is 2. The Morgan fingerprint density at radius 1 is 1.33 bits per heavy atom. The van der Waals surface area contributed by atoms with Crippen LogP contribution in [0.15, 0.2) is 52.2 Å². The largest absolute Gasteiger partial charge is 0.431 e. The molecule has 2 aromatic heterocycles. The third kappa shape index (κ3) is 3.53. The van der Waals surface area contributed by atoms with Crippen molar-refractivity contribution in [2.45, 2.75) is 5.22 Å². The molecule has 1 aromatic carbocycles. The van der Waals surface area contributed by atoms with Crippen LogP contribution < -0.4 is 5.32 Å². The number of oxazole rings is 1. The number of benzene rings is 1. The molecule has 1 amide bonds. The summed E-state index contributed by atoms with van der Waals surface area (Å²) in [4.78, 5) is 20.1. The highest BCUT2D eigenvalue weighted by Crippen LogP contribution is 2.25. The molecule has 0 aliphatic rings. The van der Waals surface area contributed by atoms with Crippen LogP contribution in [0.25, 0.3) is 11.1 Å². The van der Waals surface area contributed by atoms with Crippen molar-refractivity contribution < 1.29 is 9.21 Å². The Bertz CT molecular complexity index is 776. The number of nitrogens with one attached hydrogen (secondary N) is 1. The Hall–Kier alpha value is -2.05. The predicted molar refractivity (Wildman–Crippen MR) is 82.6 cm³/mol. The van der Waals surface area contributed by atoms with E-state index in [9.17, 15) is 4.79 Å². The van der Waals surface area contributed by atoms with E-state index in [-0.39, 0.29) is 11.7 Å². The summed E-state index contributed by atoms with van der Waals surface area (Å²) < 4.78 is 5.52. The number of nitrogens with zero attached hydrogens (tertiary/aromatic N) is 2. The molecule has 0 saturated carbocycles. The zero-order valence-electron chi connectivity index (χ0n) is 10.7. The number of thioether (sulfide) groups is 1. The van der Waals surface area contributed by atoms with Crippen molar-refractivity contribution >= 4 is 46.2 Å². The maximum atomic E-state index is 11.8. The van der Waals surface area contributed by atoms with Gasteiger partial charge in [0.25, 0.3) is 5.22 Å². The third-order valence-corrected chi connectivity index (χ3v) is 3.65. The molecule has 3 rings (SSSR count).